The number of unbranched alkanes of at least 4 members (excludes halogenated alkanes) is 9. The molecule has 0 aromatic heterocycles. The van der Waals surface area contributed by atoms with Gasteiger partial charge in [0.05, 0.1) is 11.8 Å². The van der Waals surface area contributed by atoms with Crippen molar-refractivity contribution in [3.63, 3.8) is 0 Å². The lowest BCUT2D eigenvalue weighted by molar-refractivity contribution is -0.0000207. The molecule has 0 bridgehead atoms. The molecule has 4 heteroatoms. The van der Waals surface area contributed by atoms with E-state index in [4.69, 9.17) is 5.11 Å². The summed E-state index contributed by atoms with van der Waals surface area (Å²) in [6.07, 6.45) is 16.2. The number of aromatic carboxylic acids is 1. The van der Waals surface area contributed by atoms with Crippen molar-refractivity contribution >= 4 is 16.9 Å². The number of carbonyl (C=O) groups is 1. The maximum atomic E-state index is 10.9. The zero-order chi connectivity index (χ0) is 17.6. The van der Waals surface area contributed by atoms with Crippen LogP contribution in [0.5, 0.6) is 0 Å². The first kappa shape index (κ1) is 24.3. The van der Waals surface area contributed by atoms with Gasteiger partial charge in [0.25, 0.3) is 0 Å². The van der Waals surface area contributed by atoms with Gasteiger partial charge in [0.1, 0.15) is 11.5 Å². The molecule has 144 valence electrons. The molecular formula is C21H35ClO2S. The summed E-state index contributed by atoms with van der Waals surface area (Å²) >= 11 is 0. The molecule has 0 fully saturated rings. The Morgan fingerprint density at radius 1 is 0.880 bits per heavy atom. The Labute approximate surface area is 163 Å². The van der Waals surface area contributed by atoms with Crippen LogP contribution >= 0.6 is 0 Å². The fourth-order valence-corrected chi connectivity index (χ4v) is 4.54. The van der Waals surface area contributed by atoms with E-state index in [-0.39, 0.29) is 12.4 Å². The van der Waals surface area contributed by atoms with Crippen LogP contribution in [0.3, 0.4) is 0 Å². The molecule has 0 radical (unpaired) electrons. The van der Waals surface area contributed by atoms with E-state index in [9.17, 15) is 4.79 Å². The lowest BCUT2D eigenvalue weighted by atomic mass is 10.1. The van der Waals surface area contributed by atoms with Crippen LogP contribution in [-0.2, 0) is 16.6 Å². The van der Waals surface area contributed by atoms with E-state index >= 15 is 0 Å². The SMILES string of the molecule is CCCCCCCCCCCC[S+](C)Cc1ccc(C(=O)O)cc1.[Cl-]. The van der Waals surface area contributed by atoms with Gasteiger partial charge in [0.15, 0.2) is 0 Å². The fourth-order valence-electron chi connectivity index (χ4n) is 2.94. The molecule has 0 amide bonds. The molecule has 0 saturated heterocycles. The summed E-state index contributed by atoms with van der Waals surface area (Å²) in [6.45, 7) is 2.27. The number of rotatable bonds is 14. The zero-order valence-electron chi connectivity index (χ0n) is 15.9. The Morgan fingerprint density at radius 2 is 1.36 bits per heavy atom. The van der Waals surface area contributed by atoms with Crippen molar-refractivity contribution in [1.29, 1.82) is 0 Å². The molecule has 1 unspecified atom stereocenters. The number of hydrogen-bond donors (Lipinski definition) is 1. The largest absolute Gasteiger partial charge is 1.00 e. The first-order valence-electron chi connectivity index (χ1n) is 9.55. The lowest BCUT2D eigenvalue weighted by Gasteiger charge is -2.05. The highest BCUT2D eigenvalue weighted by atomic mass is 35.5. The average molecular weight is 387 g/mol. The van der Waals surface area contributed by atoms with E-state index in [0.717, 1.165) is 5.75 Å². The molecular weight excluding hydrogens is 352 g/mol. The van der Waals surface area contributed by atoms with Crippen LogP contribution in [0.25, 0.3) is 0 Å². The van der Waals surface area contributed by atoms with E-state index in [1.165, 1.54) is 75.5 Å². The number of halogens is 1. The standard InChI is InChI=1S/C21H34O2S.ClH/c1-3-4-5-6-7-8-9-10-11-12-17-24(2)18-19-13-15-20(16-14-19)21(22)23;/h13-16H,3-12,17-18H2,1-2H3;1H. The van der Waals surface area contributed by atoms with Crippen molar-refractivity contribution in [2.24, 2.45) is 0 Å². The monoisotopic (exact) mass is 386 g/mol. The number of carboxylic acids is 1. The van der Waals surface area contributed by atoms with Crippen molar-refractivity contribution in [1.82, 2.24) is 0 Å². The Balaban J connectivity index is 0.00000576. The average Bonchev–Trinajstić information content (AvgIpc) is 2.57. The summed E-state index contributed by atoms with van der Waals surface area (Å²) < 4.78 is 0. The van der Waals surface area contributed by atoms with E-state index < -0.39 is 5.97 Å². The maximum Gasteiger partial charge on any atom is 0.335 e. The van der Waals surface area contributed by atoms with Crippen molar-refractivity contribution in [3.8, 4) is 0 Å². The van der Waals surface area contributed by atoms with Crippen LogP contribution in [0, 0.1) is 0 Å². The van der Waals surface area contributed by atoms with E-state index in [0.29, 0.717) is 16.5 Å². The van der Waals surface area contributed by atoms with Crippen molar-refractivity contribution < 1.29 is 22.3 Å². The highest BCUT2D eigenvalue weighted by Gasteiger charge is 2.12. The van der Waals surface area contributed by atoms with Gasteiger partial charge in [-0.3, -0.25) is 0 Å². The van der Waals surface area contributed by atoms with Crippen LogP contribution in [0.4, 0.5) is 0 Å². The third-order valence-electron chi connectivity index (χ3n) is 4.46. The fraction of sp³-hybridized carbons (Fsp3) is 0.667. The minimum Gasteiger partial charge on any atom is -1.00 e. The first-order chi connectivity index (χ1) is 11.6. The van der Waals surface area contributed by atoms with Gasteiger partial charge in [-0.05, 0) is 35.9 Å². The Kier molecular flexibility index (Phi) is 15.2. The molecule has 1 N–H and O–H groups in total. The molecule has 0 aliphatic carbocycles. The summed E-state index contributed by atoms with van der Waals surface area (Å²) in [7, 11) is 0.402. The summed E-state index contributed by atoms with van der Waals surface area (Å²) in [4.78, 5) is 10.9. The molecule has 0 spiro atoms. The van der Waals surface area contributed by atoms with Crippen LogP contribution in [0.1, 0.15) is 87.1 Å². The van der Waals surface area contributed by atoms with Crippen molar-refractivity contribution in [2.45, 2.75) is 76.9 Å². The molecule has 0 aliphatic heterocycles. The van der Waals surface area contributed by atoms with E-state index in [1.807, 2.05) is 12.1 Å². The number of carboxylic acid groups (broad SMARTS) is 1. The Bertz CT molecular complexity index is 448. The number of benzene rings is 1. The molecule has 0 saturated carbocycles. The summed E-state index contributed by atoms with van der Waals surface area (Å²) in [5.41, 5.74) is 1.64. The number of hydrogen-bond acceptors (Lipinski definition) is 1. The second kappa shape index (κ2) is 15.6. The zero-order valence-corrected chi connectivity index (χ0v) is 17.5. The molecule has 1 atom stereocenters. The third-order valence-corrected chi connectivity index (χ3v) is 6.27. The molecule has 2 nitrogen and oxygen atoms in total. The second-order valence-electron chi connectivity index (χ2n) is 6.81. The minimum atomic E-state index is -0.845. The summed E-state index contributed by atoms with van der Waals surface area (Å²) in [5.74, 6) is 1.54. The van der Waals surface area contributed by atoms with Gasteiger partial charge in [-0.15, -0.1) is 0 Å². The van der Waals surface area contributed by atoms with Crippen molar-refractivity contribution in [2.75, 3.05) is 12.0 Å². The molecule has 0 heterocycles. The topological polar surface area (TPSA) is 37.3 Å². The highest BCUT2D eigenvalue weighted by molar-refractivity contribution is 7.95. The normalized spacial score (nSPS) is 11.8. The van der Waals surface area contributed by atoms with Crippen LogP contribution in [0.2, 0.25) is 0 Å². The van der Waals surface area contributed by atoms with Crippen LogP contribution < -0.4 is 12.4 Å². The quantitative estimate of drug-likeness (QED) is 0.394. The van der Waals surface area contributed by atoms with Crippen LogP contribution in [0.15, 0.2) is 24.3 Å². The van der Waals surface area contributed by atoms with E-state index in [1.54, 1.807) is 12.1 Å². The highest BCUT2D eigenvalue weighted by Crippen LogP contribution is 2.13. The first-order valence-corrected chi connectivity index (χ1v) is 11.5. The smallest absolute Gasteiger partial charge is 0.335 e. The molecule has 1 aromatic rings. The van der Waals surface area contributed by atoms with Crippen LogP contribution in [-0.4, -0.2) is 23.1 Å². The lowest BCUT2D eigenvalue weighted by Crippen LogP contribution is -3.00. The molecule has 25 heavy (non-hydrogen) atoms. The predicted octanol–water partition coefficient (Wildman–Crippen LogP) is 3.06. The molecule has 0 aliphatic rings. The minimum absolute atomic E-state index is 0. The third kappa shape index (κ3) is 12.3. The Morgan fingerprint density at radius 3 is 1.84 bits per heavy atom. The van der Waals surface area contributed by atoms with Gasteiger partial charge in [-0.2, -0.15) is 0 Å². The van der Waals surface area contributed by atoms with Gasteiger partial charge in [-0.1, -0.05) is 70.4 Å². The van der Waals surface area contributed by atoms with Gasteiger partial charge in [0, 0.05) is 5.56 Å². The molecule has 1 aromatic carbocycles. The second-order valence-corrected chi connectivity index (χ2v) is 9.07. The Hall–Kier alpha value is -0.670. The predicted molar refractivity (Wildman–Crippen MR) is 107 cm³/mol. The van der Waals surface area contributed by atoms with Crippen molar-refractivity contribution in [3.05, 3.63) is 35.4 Å². The van der Waals surface area contributed by atoms with Gasteiger partial charge >= 0.3 is 5.97 Å². The maximum absolute atomic E-state index is 10.9. The van der Waals surface area contributed by atoms with Gasteiger partial charge in [0.2, 0.25) is 0 Å². The summed E-state index contributed by atoms with van der Waals surface area (Å²) in [6, 6.07) is 7.36. The van der Waals surface area contributed by atoms with E-state index in [2.05, 4.69) is 13.2 Å². The summed E-state index contributed by atoms with van der Waals surface area (Å²) in [5, 5.41) is 8.92. The van der Waals surface area contributed by atoms with Gasteiger partial charge in [-0.25, -0.2) is 4.79 Å². The molecule has 1 rings (SSSR count). The van der Waals surface area contributed by atoms with Gasteiger partial charge < -0.3 is 17.5 Å².